The molecule has 2 N–H and O–H groups in total. The van der Waals surface area contributed by atoms with Crippen LogP contribution in [0.15, 0.2) is 70.6 Å². The highest BCUT2D eigenvalue weighted by molar-refractivity contribution is 9.11. The molecule has 1 aromatic heterocycles. The molecular formula is C34H37BrClN3O4S. The Morgan fingerprint density at radius 3 is 2.84 bits per heavy atom. The number of hydrogen-bond donors (Lipinski definition) is 2. The molecule has 44 heavy (non-hydrogen) atoms. The van der Waals surface area contributed by atoms with Gasteiger partial charge in [0.05, 0.1) is 24.0 Å². The zero-order valence-electron chi connectivity index (χ0n) is 24.5. The Morgan fingerprint density at radius 1 is 1.23 bits per heavy atom. The number of allylic oxidation sites excluding steroid dienone is 1. The first-order chi connectivity index (χ1) is 21.3. The molecule has 1 fully saturated rings. The molecule has 0 saturated heterocycles. The Hall–Kier alpha value is -2.59. The minimum Gasteiger partial charge on any atom is -0.490 e. The predicted molar refractivity (Wildman–Crippen MR) is 178 cm³/mol. The average Bonchev–Trinajstić information content (AvgIpc) is 3.14. The van der Waals surface area contributed by atoms with Crippen LogP contribution in [-0.2, 0) is 11.8 Å². The predicted octanol–water partition coefficient (Wildman–Crippen LogP) is 7.54. The number of aromatic nitrogens is 2. The number of fused-ring (bicyclic) bond motifs is 3. The largest absolute Gasteiger partial charge is 0.490 e. The average molecular weight is 699 g/mol. The van der Waals surface area contributed by atoms with E-state index in [9.17, 15) is 15.0 Å². The number of aromatic carboxylic acids is 1. The van der Waals surface area contributed by atoms with Crippen LogP contribution in [0.2, 0.25) is 5.02 Å². The van der Waals surface area contributed by atoms with Gasteiger partial charge < -0.3 is 19.8 Å². The molecule has 0 radical (unpaired) electrons. The third-order valence-corrected chi connectivity index (χ3v) is 11.2. The molecule has 2 aromatic carbocycles. The maximum Gasteiger partial charge on any atom is 0.335 e. The van der Waals surface area contributed by atoms with Crippen LogP contribution in [0.5, 0.6) is 5.75 Å². The molecule has 1 aliphatic heterocycles. The summed E-state index contributed by atoms with van der Waals surface area (Å²) in [4.78, 5) is 22.8. The molecule has 7 nitrogen and oxygen atoms in total. The Bertz CT molecular complexity index is 1530. The van der Waals surface area contributed by atoms with Gasteiger partial charge in [-0.25, -0.2) is 14.8 Å². The van der Waals surface area contributed by atoms with E-state index in [2.05, 4.69) is 42.9 Å². The smallest absolute Gasteiger partial charge is 0.335 e. The summed E-state index contributed by atoms with van der Waals surface area (Å²) in [5, 5.41) is 22.6. The van der Waals surface area contributed by atoms with Crippen molar-refractivity contribution >= 4 is 50.9 Å². The van der Waals surface area contributed by atoms with Crippen molar-refractivity contribution in [2.75, 3.05) is 30.3 Å². The van der Waals surface area contributed by atoms with Gasteiger partial charge in [0.2, 0.25) is 0 Å². The molecule has 3 aliphatic rings. The molecule has 3 aromatic rings. The highest BCUT2D eigenvalue weighted by Crippen LogP contribution is 2.46. The van der Waals surface area contributed by atoms with Crippen molar-refractivity contribution in [2.45, 2.75) is 61.6 Å². The number of hydrogen-bond acceptors (Lipinski definition) is 7. The lowest BCUT2D eigenvalue weighted by Crippen LogP contribution is -2.49. The fourth-order valence-electron chi connectivity index (χ4n) is 6.96. The highest BCUT2D eigenvalue weighted by Gasteiger charge is 2.44. The molecule has 1 unspecified atom stereocenters. The van der Waals surface area contributed by atoms with Gasteiger partial charge in [0.15, 0.2) is 5.16 Å². The van der Waals surface area contributed by atoms with E-state index in [1.165, 1.54) is 11.1 Å². The monoisotopic (exact) mass is 697 g/mol. The van der Waals surface area contributed by atoms with Crippen molar-refractivity contribution in [1.82, 2.24) is 9.97 Å². The van der Waals surface area contributed by atoms with E-state index in [0.717, 1.165) is 84.1 Å². The minimum atomic E-state index is -0.953. The summed E-state index contributed by atoms with van der Waals surface area (Å²) >= 11 is 11.7. The second-order valence-corrected chi connectivity index (χ2v) is 14.7. The van der Waals surface area contributed by atoms with Gasteiger partial charge in [0, 0.05) is 41.7 Å². The number of carboxylic acids is 1. The first-order valence-electron chi connectivity index (χ1n) is 15.3. The van der Waals surface area contributed by atoms with Gasteiger partial charge in [0.25, 0.3) is 0 Å². The van der Waals surface area contributed by atoms with Crippen molar-refractivity contribution in [3.63, 3.8) is 0 Å². The lowest BCUT2D eigenvalue weighted by molar-refractivity contribution is 0.0455. The quantitative estimate of drug-likeness (QED) is 0.127. The third kappa shape index (κ3) is 6.96. The maximum absolute atomic E-state index is 11.9. The maximum atomic E-state index is 11.9. The van der Waals surface area contributed by atoms with Gasteiger partial charge in [0.1, 0.15) is 5.75 Å². The Morgan fingerprint density at radius 2 is 2.07 bits per heavy atom. The van der Waals surface area contributed by atoms with Crippen molar-refractivity contribution in [3.8, 4) is 5.75 Å². The number of aliphatic hydroxyl groups excluding tert-OH is 1. The van der Waals surface area contributed by atoms with Crippen molar-refractivity contribution in [3.05, 3.63) is 87.1 Å². The summed E-state index contributed by atoms with van der Waals surface area (Å²) in [7, 11) is 0. The molecule has 0 bridgehead atoms. The summed E-state index contributed by atoms with van der Waals surface area (Å²) in [6.07, 6.45) is 11.7. The summed E-state index contributed by atoms with van der Waals surface area (Å²) in [6.45, 7) is 1.98. The summed E-state index contributed by atoms with van der Waals surface area (Å²) in [6, 6.07) is 13.2. The van der Waals surface area contributed by atoms with Crippen LogP contribution >= 0.6 is 39.3 Å². The Balaban J connectivity index is 1.18. The molecule has 2 aliphatic carbocycles. The van der Waals surface area contributed by atoms with Crippen LogP contribution in [0.3, 0.4) is 0 Å². The van der Waals surface area contributed by atoms with E-state index in [1.807, 2.05) is 18.2 Å². The number of carboxylic acid groups (broad SMARTS) is 1. The van der Waals surface area contributed by atoms with E-state index in [1.54, 1.807) is 42.4 Å². The van der Waals surface area contributed by atoms with Crippen LogP contribution in [0.1, 0.15) is 60.0 Å². The summed E-state index contributed by atoms with van der Waals surface area (Å²) in [5.41, 5.74) is 3.38. The molecule has 2 heterocycles. The third-order valence-electron chi connectivity index (χ3n) is 9.34. The number of ether oxygens (including phenoxy) is 1. The lowest BCUT2D eigenvalue weighted by atomic mass is 9.68. The number of carbonyl (C=O) groups is 1. The van der Waals surface area contributed by atoms with Crippen molar-refractivity contribution in [1.29, 1.82) is 0 Å². The number of anilines is 1. The lowest BCUT2D eigenvalue weighted by Gasteiger charge is -2.45. The van der Waals surface area contributed by atoms with Gasteiger partial charge in [-0.3, -0.25) is 0 Å². The number of benzene rings is 2. The second kappa shape index (κ2) is 13.8. The normalized spacial score (nSPS) is 23.6. The van der Waals surface area contributed by atoms with E-state index < -0.39 is 12.1 Å². The fraction of sp³-hybridized carbons (Fsp3) is 0.441. The van der Waals surface area contributed by atoms with E-state index in [4.69, 9.17) is 16.3 Å². The number of nitrogens with zero attached hydrogens (tertiary/aromatic N) is 3. The standard InChI is InChI=1S/C34H37BrClN3O4S/c35-25(5-2-15-44-33-37-13-3-14-38-33)18-30(40)27-9-6-24(27)19-39-20-34(12-1-4-22-16-26(36)8-10-28(22)34)21-43-31-11-7-23(32(41)42)17-29(31)39/h3,7-8,10-11,13-14,16-18,24,27,30,40H,1-2,4-6,9,12,15,19-21H2,(H,41,42)/b25-18-/t24-,27+,30-,34?/m0/s1. The van der Waals surface area contributed by atoms with Gasteiger partial charge >= 0.3 is 5.97 Å². The first-order valence-corrected chi connectivity index (χ1v) is 17.4. The molecule has 1 saturated carbocycles. The Kier molecular flexibility index (Phi) is 9.86. The van der Waals surface area contributed by atoms with Gasteiger partial charge in [-0.05, 0) is 115 Å². The van der Waals surface area contributed by atoms with Crippen LogP contribution in [0.25, 0.3) is 0 Å². The molecule has 232 valence electrons. The van der Waals surface area contributed by atoms with Crippen molar-refractivity contribution < 1.29 is 19.7 Å². The fourth-order valence-corrected chi connectivity index (χ4v) is 8.45. The summed E-state index contributed by atoms with van der Waals surface area (Å²) < 4.78 is 7.50. The van der Waals surface area contributed by atoms with Gasteiger partial charge in [-0.1, -0.05) is 45.4 Å². The molecule has 0 amide bonds. The zero-order valence-corrected chi connectivity index (χ0v) is 27.7. The molecule has 4 atom stereocenters. The van der Waals surface area contributed by atoms with Crippen LogP contribution in [0, 0.1) is 11.8 Å². The zero-order chi connectivity index (χ0) is 30.7. The van der Waals surface area contributed by atoms with E-state index in [-0.39, 0.29) is 22.8 Å². The topological polar surface area (TPSA) is 95.8 Å². The number of rotatable bonds is 10. The van der Waals surface area contributed by atoms with Crippen LogP contribution in [0.4, 0.5) is 5.69 Å². The van der Waals surface area contributed by atoms with E-state index in [0.29, 0.717) is 12.4 Å². The number of thioether (sulfide) groups is 1. The molecule has 10 heteroatoms. The van der Waals surface area contributed by atoms with Gasteiger partial charge in [-0.15, -0.1) is 0 Å². The first kappa shape index (κ1) is 31.4. The molecule has 1 spiro atoms. The number of halogens is 2. The summed E-state index contributed by atoms with van der Waals surface area (Å²) in [5.74, 6) is 1.08. The van der Waals surface area contributed by atoms with Crippen LogP contribution < -0.4 is 9.64 Å². The second-order valence-electron chi connectivity index (χ2n) is 12.2. The molecule has 6 rings (SSSR count). The number of aliphatic hydroxyl groups is 1. The minimum absolute atomic E-state index is 0.137. The molecular weight excluding hydrogens is 662 g/mol. The number of aryl methyl sites for hydroxylation is 1. The Labute approximate surface area is 276 Å². The highest BCUT2D eigenvalue weighted by atomic mass is 79.9. The van der Waals surface area contributed by atoms with E-state index >= 15 is 0 Å². The van der Waals surface area contributed by atoms with Crippen LogP contribution in [-0.4, -0.2) is 57.7 Å². The SMILES string of the molecule is O=C(O)c1ccc2c(c1)N(C[C@@H]1CC[C@H]1[C@@H](O)/C=C(\Br)CCCSc1ncccn1)CC1(CCCc3cc(Cl)ccc31)CO2. The van der Waals surface area contributed by atoms with Gasteiger partial charge in [-0.2, -0.15) is 0 Å². The van der Waals surface area contributed by atoms with Crippen molar-refractivity contribution in [2.24, 2.45) is 11.8 Å².